The van der Waals surface area contributed by atoms with E-state index in [1.54, 1.807) is 6.07 Å². The van der Waals surface area contributed by atoms with Crippen molar-refractivity contribution in [2.75, 3.05) is 0 Å². The number of thiazole rings is 1. The van der Waals surface area contributed by atoms with E-state index < -0.39 is 5.82 Å². The van der Waals surface area contributed by atoms with E-state index in [-0.39, 0.29) is 11.9 Å². The van der Waals surface area contributed by atoms with Crippen LogP contribution in [0.15, 0.2) is 24.7 Å². The van der Waals surface area contributed by atoms with Gasteiger partial charge in [-0.25, -0.2) is 9.37 Å². The summed E-state index contributed by atoms with van der Waals surface area (Å²) < 4.78 is 13.7. The van der Waals surface area contributed by atoms with Gasteiger partial charge in [0.15, 0.2) is 5.82 Å². The highest BCUT2D eigenvalue weighted by Crippen LogP contribution is 2.30. The number of amides is 1. The monoisotopic (exact) mass is 318 g/mol. The van der Waals surface area contributed by atoms with Crippen molar-refractivity contribution >= 4 is 17.2 Å². The highest BCUT2D eigenvalue weighted by Gasteiger charge is 2.39. The average molecular weight is 318 g/mol. The Bertz CT molecular complexity index is 719. The second kappa shape index (κ2) is 5.40. The maximum absolute atomic E-state index is 13.7. The normalized spacial score (nSPS) is 26.3. The fraction of sp³-hybridized carbons (Fsp3) is 0.400. The van der Waals surface area contributed by atoms with E-state index in [0.29, 0.717) is 27.5 Å². The second-order valence-corrected chi connectivity index (χ2v) is 6.78. The van der Waals surface area contributed by atoms with Gasteiger partial charge in [0, 0.05) is 29.9 Å². The van der Waals surface area contributed by atoms with E-state index in [1.165, 1.54) is 30.2 Å². The Kier molecular flexibility index (Phi) is 3.38. The van der Waals surface area contributed by atoms with Crippen molar-refractivity contribution in [3.05, 3.63) is 35.4 Å². The zero-order chi connectivity index (χ0) is 15.1. The van der Waals surface area contributed by atoms with E-state index in [2.05, 4.69) is 20.6 Å². The van der Waals surface area contributed by atoms with Crippen LogP contribution in [0.25, 0.3) is 10.6 Å². The molecule has 0 spiro atoms. The van der Waals surface area contributed by atoms with Gasteiger partial charge in [-0.2, -0.15) is 0 Å². The summed E-state index contributed by atoms with van der Waals surface area (Å²) in [6, 6.07) is 2.68. The van der Waals surface area contributed by atoms with Crippen molar-refractivity contribution in [1.82, 2.24) is 20.6 Å². The fourth-order valence-corrected chi connectivity index (χ4v) is 4.12. The Morgan fingerprint density at radius 2 is 2.32 bits per heavy atom. The first-order valence-corrected chi connectivity index (χ1v) is 8.15. The summed E-state index contributed by atoms with van der Waals surface area (Å²) in [7, 11) is 0. The molecule has 4 rings (SSSR count). The third kappa shape index (κ3) is 2.40. The van der Waals surface area contributed by atoms with Crippen LogP contribution in [0.5, 0.6) is 0 Å². The van der Waals surface area contributed by atoms with Crippen LogP contribution in [0.2, 0.25) is 0 Å². The number of fused-ring (bicyclic) bond motifs is 2. The molecule has 4 heterocycles. The first-order valence-electron chi connectivity index (χ1n) is 7.33. The Hall–Kier alpha value is -1.86. The minimum atomic E-state index is -0.430. The van der Waals surface area contributed by atoms with Gasteiger partial charge in [0.1, 0.15) is 9.88 Å². The lowest BCUT2D eigenvalue weighted by Crippen LogP contribution is -2.42. The van der Waals surface area contributed by atoms with Crippen LogP contribution in [-0.4, -0.2) is 34.0 Å². The van der Waals surface area contributed by atoms with Gasteiger partial charge < -0.3 is 10.6 Å². The quantitative estimate of drug-likeness (QED) is 0.908. The SMILES string of the molecule is O=C(NC1CC2CCC1N2)c1cnc(-c2ccncc2F)s1. The van der Waals surface area contributed by atoms with Crippen molar-refractivity contribution in [1.29, 1.82) is 0 Å². The lowest BCUT2D eigenvalue weighted by atomic mass is 9.95. The molecule has 5 nitrogen and oxygen atoms in total. The number of pyridine rings is 1. The van der Waals surface area contributed by atoms with Gasteiger partial charge in [-0.15, -0.1) is 11.3 Å². The van der Waals surface area contributed by atoms with Crippen LogP contribution >= 0.6 is 11.3 Å². The molecule has 2 saturated heterocycles. The molecule has 22 heavy (non-hydrogen) atoms. The first kappa shape index (κ1) is 13.8. The Morgan fingerprint density at radius 1 is 1.41 bits per heavy atom. The zero-order valence-electron chi connectivity index (χ0n) is 11.8. The number of hydrogen-bond donors (Lipinski definition) is 2. The van der Waals surface area contributed by atoms with Crippen LogP contribution < -0.4 is 10.6 Å². The molecule has 2 aliphatic heterocycles. The van der Waals surface area contributed by atoms with E-state index in [4.69, 9.17) is 0 Å². The van der Waals surface area contributed by atoms with E-state index in [1.807, 2.05) is 0 Å². The number of hydrogen-bond acceptors (Lipinski definition) is 5. The molecule has 0 radical (unpaired) electrons. The molecular weight excluding hydrogens is 303 g/mol. The molecule has 0 saturated carbocycles. The van der Waals surface area contributed by atoms with Crippen molar-refractivity contribution in [2.45, 2.75) is 37.4 Å². The van der Waals surface area contributed by atoms with Crippen LogP contribution in [0.3, 0.4) is 0 Å². The van der Waals surface area contributed by atoms with Gasteiger partial charge in [0.25, 0.3) is 5.91 Å². The topological polar surface area (TPSA) is 66.9 Å². The number of carbonyl (C=O) groups is 1. The molecule has 0 aromatic carbocycles. The molecular formula is C15H15FN4OS. The molecule has 2 fully saturated rings. The third-order valence-electron chi connectivity index (χ3n) is 4.35. The van der Waals surface area contributed by atoms with Gasteiger partial charge in [-0.05, 0) is 25.3 Å². The predicted molar refractivity (Wildman–Crippen MR) is 81.1 cm³/mol. The standard InChI is InChI=1S/C15H15FN4OS/c16-10-6-17-4-3-9(10)15-18-7-13(22-15)14(21)20-12-5-8-1-2-11(12)19-8/h3-4,6-8,11-12,19H,1-2,5H2,(H,20,21). The summed E-state index contributed by atoms with van der Waals surface area (Å²) in [4.78, 5) is 20.7. The van der Waals surface area contributed by atoms with E-state index in [0.717, 1.165) is 19.0 Å². The summed E-state index contributed by atoms with van der Waals surface area (Å²) in [5.74, 6) is -0.557. The molecule has 0 aliphatic carbocycles. The first-order chi connectivity index (χ1) is 10.7. The molecule has 2 aliphatic rings. The van der Waals surface area contributed by atoms with E-state index in [9.17, 15) is 9.18 Å². The number of halogens is 1. The van der Waals surface area contributed by atoms with Crippen LogP contribution in [0.1, 0.15) is 28.9 Å². The van der Waals surface area contributed by atoms with Crippen molar-refractivity contribution < 1.29 is 9.18 Å². The summed E-state index contributed by atoms with van der Waals surface area (Å²) in [6.45, 7) is 0. The molecule has 2 N–H and O–H groups in total. The van der Waals surface area contributed by atoms with Crippen molar-refractivity contribution in [3.63, 3.8) is 0 Å². The summed E-state index contributed by atoms with van der Waals surface area (Å²) in [5.41, 5.74) is 0.376. The lowest BCUT2D eigenvalue weighted by molar-refractivity contribution is 0.0935. The predicted octanol–water partition coefficient (Wildman–Crippen LogP) is 1.97. The number of carbonyl (C=O) groups excluding carboxylic acids is 1. The van der Waals surface area contributed by atoms with Gasteiger partial charge in [0.05, 0.1) is 12.4 Å². The molecule has 2 aromatic rings. The molecule has 2 aromatic heterocycles. The summed E-state index contributed by atoms with van der Waals surface area (Å²) in [5, 5.41) is 7.06. The van der Waals surface area contributed by atoms with Gasteiger partial charge in [-0.3, -0.25) is 9.78 Å². The van der Waals surface area contributed by atoms with Crippen LogP contribution in [0, 0.1) is 5.82 Å². The van der Waals surface area contributed by atoms with Crippen molar-refractivity contribution in [3.8, 4) is 10.6 Å². The zero-order valence-corrected chi connectivity index (χ0v) is 12.6. The maximum atomic E-state index is 13.7. The summed E-state index contributed by atoms with van der Waals surface area (Å²) >= 11 is 1.20. The highest BCUT2D eigenvalue weighted by molar-refractivity contribution is 7.16. The Balaban J connectivity index is 1.49. The second-order valence-electron chi connectivity index (χ2n) is 5.75. The van der Waals surface area contributed by atoms with Crippen LogP contribution in [0.4, 0.5) is 4.39 Å². The minimum absolute atomic E-state index is 0.127. The fourth-order valence-electron chi connectivity index (χ4n) is 3.28. The van der Waals surface area contributed by atoms with Gasteiger partial charge >= 0.3 is 0 Å². The Morgan fingerprint density at radius 3 is 3.05 bits per heavy atom. The molecule has 1 amide bonds. The average Bonchev–Trinajstić information content (AvgIpc) is 3.24. The number of rotatable bonds is 3. The number of aromatic nitrogens is 2. The smallest absolute Gasteiger partial charge is 0.263 e. The van der Waals surface area contributed by atoms with Gasteiger partial charge in [0.2, 0.25) is 0 Å². The summed E-state index contributed by atoms with van der Waals surface area (Å²) in [6.07, 6.45) is 7.48. The molecule has 3 atom stereocenters. The lowest BCUT2D eigenvalue weighted by Gasteiger charge is -2.20. The van der Waals surface area contributed by atoms with Crippen LogP contribution in [-0.2, 0) is 0 Å². The molecule has 114 valence electrons. The van der Waals surface area contributed by atoms with Gasteiger partial charge in [-0.1, -0.05) is 0 Å². The maximum Gasteiger partial charge on any atom is 0.263 e. The molecule has 2 bridgehead atoms. The van der Waals surface area contributed by atoms with E-state index >= 15 is 0 Å². The van der Waals surface area contributed by atoms with Crippen molar-refractivity contribution in [2.24, 2.45) is 0 Å². The Labute approximate surface area is 131 Å². The largest absolute Gasteiger partial charge is 0.347 e. The molecule has 7 heteroatoms. The third-order valence-corrected chi connectivity index (χ3v) is 5.38. The highest BCUT2D eigenvalue weighted by atomic mass is 32.1. The minimum Gasteiger partial charge on any atom is -0.347 e. The number of nitrogens with zero attached hydrogens (tertiary/aromatic N) is 2. The molecule has 3 unspecified atom stereocenters. The number of nitrogens with one attached hydrogen (secondary N) is 2.